The Labute approximate surface area is 141 Å². The second-order valence-corrected chi connectivity index (χ2v) is 5.74. The third-order valence-electron chi connectivity index (χ3n) is 3.38. The second kappa shape index (κ2) is 8.15. The lowest BCUT2D eigenvalue weighted by Crippen LogP contribution is -2.14. The van der Waals surface area contributed by atoms with Crippen LogP contribution in [0.2, 0.25) is 0 Å². The molecule has 0 saturated heterocycles. The molecule has 0 aliphatic carbocycles. The van der Waals surface area contributed by atoms with Gasteiger partial charge in [-0.25, -0.2) is 0 Å². The van der Waals surface area contributed by atoms with Gasteiger partial charge in [-0.2, -0.15) is 0 Å². The summed E-state index contributed by atoms with van der Waals surface area (Å²) in [6.07, 6.45) is 0.225. The Bertz CT molecular complexity index is 702. The first kappa shape index (κ1) is 17.5. The van der Waals surface area contributed by atoms with Crippen molar-refractivity contribution in [2.45, 2.75) is 26.7 Å². The van der Waals surface area contributed by atoms with Crippen LogP contribution in [-0.2, 0) is 16.0 Å². The molecule has 1 amide bonds. The molecule has 0 unspecified atom stereocenters. The van der Waals surface area contributed by atoms with Gasteiger partial charge in [0.2, 0.25) is 5.91 Å². The number of carboxylic acids is 1. The largest absolute Gasteiger partial charge is 0.493 e. The quantitative estimate of drug-likeness (QED) is 0.818. The van der Waals surface area contributed by atoms with Crippen molar-refractivity contribution in [3.63, 3.8) is 0 Å². The summed E-state index contributed by atoms with van der Waals surface area (Å²) in [7, 11) is 0. The Kier molecular flexibility index (Phi) is 5.95. The molecule has 2 aromatic carbocycles. The van der Waals surface area contributed by atoms with Crippen LogP contribution in [0.15, 0.2) is 42.5 Å². The van der Waals surface area contributed by atoms with Gasteiger partial charge >= 0.3 is 5.97 Å². The van der Waals surface area contributed by atoms with E-state index >= 15 is 0 Å². The molecule has 5 nitrogen and oxygen atoms in total. The number of hydrogen-bond donors (Lipinski definition) is 2. The monoisotopic (exact) mass is 327 g/mol. The van der Waals surface area contributed by atoms with Gasteiger partial charge in [0, 0.05) is 5.69 Å². The van der Waals surface area contributed by atoms with Gasteiger partial charge in [-0.05, 0) is 54.8 Å². The first-order valence-corrected chi connectivity index (χ1v) is 7.74. The lowest BCUT2D eigenvalue weighted by atomic mass is 10.1. The molecule has 0 aromatic heterocycles. The average Bonchev–Trinajstić information content (AvgIpc) is 2.47. The number of aryl methyl sites for hydroxylation is 2. The summed E-state index contributed by atoms with van der Waals surface area (Å²) in [4.78, 5) is 22.6. The molecule has 24 heavy (non-hydrogen) atoms. The van der Waals surface area contributed by atoms with Gasteiger partial charge in [0.05, 0.1) is 19.4 Å². The normalized spacial score (nSPS) is 10.2. The maximum Gasteiger partial charge on any atom is 0.306 e. The molecule has 0 fully saturated rings. The first-order chi connectivity index (χ1) is 11.4. The fraction of sp³-hybridized carbons (Fsp3) is 0.263. The van der Waals surface area contributed by atoms with Crippen LogP contribution in [-0.4, -0.2) is 23.6 Å². The van der Waals surface area contributed by atoms with Crippen LogP contribution in [0.4, 0.5) is 5.69 Å². The number of benzene rings is 2. The average molecular weight is 327 g/mol. The maximum atomic E-state index is 12.1. The molecule has 0 aliphatic heterocycles. The first-order valence-electron chi connectivity index (χ1n) is 7.74. The fourth-order valence-corrected chi connectivity index (χ4v) is 2.40. The molecule has 2 rings (SSSR count). The van der Waals surface area contributed by atoms with Gasteiger partial charge in [-0.1, -0.05) is 18.2 Å². The zero-order valence-corrected chi connectivity index (χ0v) is 13.8. The zero-order valence-electron chi connectivity index (χ0n) is 13.8. The predicted octanol–water partition coefficient (Wildman–Crippen LogP) is 3.34. The number of ether oxygens (including phenoxy) is 1. The van der Waals surface area contributed by atoms with Crippen LogP contribution in [0.1, 0.15) is 23.1 Å². The molecule has 5 heteroatoms. The number of nitrogens with one attached hydrogen (secondary N) is 1. The number of hydrogen-bond acceptors (Lipinski definition) is 3. The van der Waals surface area contributed by atoms with E-state index in [0.717, 1.165) is 22.4 Å². The van der Waals surface area contributed by atoms with Crippen molar-refractivity contribution in [3.05, 3.63) is 59.2 Å². The molecule has 2 aromatic rings. The number of amides is 1. The van der Waals surface area contributed by atoms with E-state index in [1.165, 1.54) is 0 Å². The van der Waals surface area contributed by atoms with E-state index in [9.17, 15) is 9.59 Å². The van der Waals surface area contributed by atoms with Crippen LogP contribution in [0.3, 0.4) is 0 Å². The van der Waals surface area contributed by atoms with E-state index in [1.807, 2.05) is 26.0 Å². The predicted molar refractivity (Wildman–Crippen MR) is 92.4 cm³/mol. The highest BCUT2D eigenvalue weighted by molar-refractivity contribution is 5.92. The molecule has 0 radical (unpaired) electrons. The number of carbonyl (C=O) groups is 2. The minimum absolute atomic E-state index is 0.0416. The van der Waals surface area contributed by atoms with E-state index < -0.39 is 5.97 Å². The third kappa shape index (κ3) is 5.76. The van der Waals surface area contributed by atoms with Crippen molar-refractivity contribution < 1.29 is 19.4 Å². The van der Waals surface area contributed by atoms with Gasteiger partial charge in [0.15, 0.2) is 0 Å². The molecule has 0 heterocycles. The highest BCUT2D eigenvalue weighted by Gasteiger charge is 2.06. The molecule has 0 atom stereocenters. The summed E-state index contributed by atoms with van der Waals surface area (Å²) in [5.41, 5.74) is 3.87. The van der Waals surface area contributed by atoms with Gasteiger partial charge in [-0.3, -0.25) is 9.59 Å². The molecule has 126 valence electrons. The SMILES string of the molecule is Cc1cc(C)cc(NC(=O)Cc2ccc(OCCC(=O)O)cc2)c1. The van der Waals surface area contributed by atoms with Gasteiger partial charge in [0.1, 0.15) is 5.75 Å². The van der Waals surface area contributed by atoms with E-state index in [0.29, 0.717) is 5.75 Å². The Morgan fingerprint density at radius 2 is 1.67 bits per heavy atom. The van der Waals surface area contributed by atoms with Crippen LogP contribution in [0.25, 0.3) is 0 Å². The van der Waals surface area contributed by atoms with Crippen LogP contribution < -0.4 is 10.1 Å². The van der Waals surface area contributed by atoms with Crippen molar-refractivity contribution in [2.24, 2.45) is 0 Å². The molecule has 2 N–H and O–H groups in total. The molecular formula is C19H21NO4. The summed E-state index contributed by atoms with van der Waals surface area (Å²) >= 11 is 0. The Morgan fingerprint density at radius 1 is 1.04 bits per heavy atom. The van der Waals surface area contributed by atoms with Gasteiger partial charge in [-0.15, -0.1) is 0 Å². The highest BCUT2D eigenvalue weighted by Crippen LogP contribution is 2.16. The summed E-state index contributed by atoms with van der Waals surface area (Å²) in [5, 5.41) is 11.5. The third-order valence-corrected chi connectivity index (χ3v) is 3.38. The number of rotatable bonds is 7. The summed E-state index contributed by atoms with van der Waals surface area (Å²) in [6.45, 7) is 4.11. The minimum atomic E-state index is -0.894. The van der Waals surface area contributed by atoms with Crippen molar-refractivity contribution >= 4 is 17.6 Å². The molecule has 0 aliphatic rings. The van der Waals surface area contributed by atoms with E-state index in [-0.39, 0.29) is 25.4 Å². The standard InChI is InChI=1S/C19H21NO4/c1-13-9-14(2)11-16(10-13)20-18(21)12-15-3-5-17(6-4-15)24-8-7-19(22)23/h3-6,9-11H,7-8,12H2,1-2H3,(H,20,21)(H,22,23). The summed E-state index contributed by atoms with van der Waals surface area (Å²) < 4.78 is 5.32. The van der Waals surface area contributed by atoms with Crippen LogP contribution in [0.5, 0.6) is 5.75 Å². The van der Waals surface area contributed by atoms with E-state index in [1.54, 1.807) is 24.3 Å². The lowest BCUT2D eigenvalue weighted by Gasteiger charge is -2.09. The van der Waals surface area contributed by atoms with Crippen molar-refractivity contribution in [2.75, 3.05) is 11.9 Å². The Hall–Kier alpha value is -2.82. The Balaban J connectivity index is 1.88. The smallest absolute Gasteiger partial charge is 0.306 e. The summed E-state index contributed by atoms with van der Waals surface area (Å²) in [6, 6.07) is 13.0. The molecule has 0 bridgehead atoms. The number of anilines is 1. The van der Waals surface area contributed by atoms with Crippen molar-refractivity contribution in [3.8, 4) is 5.75 Å². The summed E-state index contributed by atoms with van der Waals surface area (Å²) in [5.74, 6) is -0.385. The van der Waals surface area contributed by atoms with Gasteiger partial charge < -0.3 is 15.2 Å². The van der Waals surface area contributed by atoms with Crippen LogP contribution >= 0.6 is 0 Å². The number of aliphatic carboxylic acids is 1. The second-order valence-electron chi connectivity index (χ2n) is 5.74. The maximum absolute atomic E-state index is 12.1. The minimum Gasteiger partial charge on any atom is -0.493 e. The van der Waals surface area contributed by atoms with Crippen LogP contribution in [0, 0.1) is 13.8 Å². The van der Waals surface area contributed by atoms with E-state index in [2.05, 4.69) is 11.4 Å². The van der Waals surface area contributed by atoms with Crippen molar-refractivity contribution in [1.82, 2.24) is 0 Å². The fourth-order valence-electron chi connectivity index (χ4n) is 2.40. The molecule has 0 spiro atoms. The van der Waals surface area contributed by atoms with Crippen molar-refractivity contribution in [1.29, 1.82) is 0 Å². The zero-order chi connectivity index (χ0) is 17.5. The lowest BCUT2D eigenvalue weighted by molar-refractivity contribution is -0.137. The number of carbonyl (C=O) groups excluding carboxylic acids is 1. The topological polar surface area (TPSA) is 75.6 Å². The number of carboxylic acid groups (broad SMARTS) is 1. The Morgan fingerprint density at radius 3 is 2.25 bits per heavy atom. The van der Waals surface area contributed by atoms with Gasteiger partial charge in [0.25, 0.3) is 0 Å². The van der Waals surface area contributed by atoms with E-state index in [4.69, 9.17) is 9.84 Å². The highest BCUT2D eigenvalue weighted by atomic mass is 16.5. The molecule has 0 saturated carbocycles. The molecular weight excluding hydrogens is 306 g/mol.